The molecule has 0 saturated carbocycles. The number of hydrogen-bond acceptors (Lipinski definition) is 2. The summed E-state index contributed by atoms with van der Waals surface area (Å²) in [4.78, 5) is 25.2. The molecule has 2 rings (SSSR count). The monoisotopic (exact) mass is 286 g/mol. The number of carbonyl (C=O) groups is 2. The number of aromatic nitrogens is 1. The van der Waals surface area contributed by atoms with E-state index in [0.29, 0.717) is 12.2 Å². The second-order valence-corrected chi connectivity index (χ2v) is 4.80. The zero-order valence-corrected chi connectivity index (χ0v) is 12.1. The Morgan fingerprint density at radius 3 is 2.62 bits per heavy atom. The van der Waals surface area contributed by atoms with Crippen LogP contribution in [0.25, 0.3) is 0 Å². The molecule has 1 N–H and O–H groups in total. The van der Waals surface area contributed by atoms with Crippen molar-refractivity contribution >= 4 is 17.6 Å². The molecule has 110 valence electrons. The summed E-state index contributed by atoms with van der Waals surface area (Å²) < 4.78 is 1.45. The van der Waals surface area contributed by atoms with Gasteiger partial charge in [-0.3, -0.25) is 9.59 Å². The molecule has 1 amide bonds. The van der Waals surface area contributed by atoms with Gasteiger partial charge in [0.15, 0.2) is 0 Å². The number of aliphatic carboxylic acids is 1. The minimum Gasteiger partial charge on any atom is -0.480 e. The van der Waals surface area contributed by atoms with Gasteiger partial charge in [0.2, 0.25) is 0 Å². The predicted molar refractivity (Wildman–Crippen MR) is 80.6 cm³/mol. The van der Waals surface area contributed by atoms with Crippen LogP contribution in [0.2, 0.25) is 0 Å². The average molecular weight is 286 g/mol. The van der Waals surface area contributed by atoms with Gasteiger partial charge < -0.3 is 14.6 Å². The number of hydrogen-bond donors (Lipinski definition) is 1. The lowest BCUT2D eigenvalue weighted by Crippen LogP contribution is -2.32. The maximum absolute atomic E-state index is 12.7. The van der Waals surface area contributed by atoms with Crippen molar-refractivity contribution in [3.05, 3.63) is 53.9 Å². The van der Waals surface area contributed by atoms with Crippen LogP contribution in [-0.4, -0.2) is 28.1 Å². The van der Waals surface area contributed by atoms with Gasteiger partial charge in [-0.1, -0.05) is 12.1 Å². The van der Waals surface area contributed by atoms with Crippen molar-refractivity contribution in [1.29, 1.82) is 0 Å². The first-order valence-electron chi connectivity index (χ1n) is 6.78. The van der Waals surface area contributed by atoms with Crippen LogP contribution < -0.4 is 4.90 Å². The fourth-order valence-electron chi connectivity index (χ4n) is 2.27. The molecular formula is C16H18N2O3. The number of carboxylic acids is 1. The standard InChI is InChI=1S/C16H18N2O3/c1-3-18(13-7-4-6-12(2)10-13)16(21)14-8-5-9-17(14)11-15(19)20/h4-10H,3,11H2,1-2H3,(H,19,20). The number of carbonyl (C=O) groups excluding carboxylic acids is 1. The van der Waals surface area contributed by atoms with E-state index in [1.807, 2.05) is 38.1 Å². The predicted octanol–water partition coefficient (Wildman–Crippen LogP) is 2.55. The van der Waals surface area contributed by atoms with Crippen LogP contribution in [0.3, 0.4) is 0 Å². The molecule has 1 heterocycles. The van der Waals surface area contributed by atoms with Crippen LogP contribution in [0.1, 0.15) is 23.0 Å². The fourth-order valence-corrected chi connectivity index (χ4v) is 2.27. The number of benzene rings is 1. The molecule has 0 saturated heterocycles. The van der Waals surface area contributed by atoms with E-state index in [1.165, 1.54) is 4.57 Å². The van der Waals surface area contributed by atoms with Crippen molar-refractivity contribution in [1.82, 2.24) is 4.57 Å². The van der Waals surface area contributed by atoms with Crippen molar-refractivity contribution in [2.24, 2.45) is 0 Å². The number of rotatable bonds is 5. The van der Waals surface area contributed by atoms with Gasteiger partial charge in [-0.25, -0.2) is 0 Å². The first kappa shape index (κ1) is 14.8. The largest absolute Gasteiger partial charge is 0.480 e. The Labute approximate surface area is 123 Å². The molecule has 1 aromatic heterocycles. The molecule has 0 bridgehead atoms. The SMILES string of the molecule is CCN(C(=O)c1cccn1CC(=O)O)c1cccc(C)c1. The van der Waals surface area contributed by atoms with E-state index in [9.17, 15) is 9.59 Å². The van der Waals surface area contributed by atoms with Crippen LogP contribution in [0.4, 0.5) is 5.69 Å². The molecule has 0 aliphatic heterocycles. The van der Waals surface area contributed by atoms with Crippen molar-refractivity contribution in [3.8, 4) is 0 Å². The Kier molecular flexibility index (Phi) is 4.42. The number of aryl methyl sites for hydroxylation is 1. The van der Waals surface area contributed by atoms with Gasteiger partial charge in [-0.2, -0.15) is 0 Å². The molecule has 0 radical (unpaired) electrons. The minimum atomic E-state index is -0.973. The Morgan fingerprint density at radius 1 is 1.24 bits per heavy atom. The molecule has 0 atom stereocenters. The topological polar surface area (TPSA) is 62.5 Å². The maximum atomic E-state index is 12.7. The van der Waals surface area contributed by atoms with Crippen LogP contribution in [0.5, 0.6) is 0 Å². The normalized spacial score (nSPS) is 10.4. The highest BCUT2D eigenvalue weighted by molar-refractivity contribution is 6.05. The summed E-state index contributed by atoms with van der Waals surface area (Å²) in [6, 6.07) is 11.0. The van der Waals surface area contributed by atoms with Crippen molar-refractivity contribution in [2.75, 3.05) is 11.4 Å². The summed E-state index contributed by atoms with van der Waals surface area (Å²) >= 11 is 0. The van der Waals surface area contributed by atoms with Crippen LogP contribution in [0, 0.1) is 6.92 Å². The zero-order chi connectivity index (χ0) is 15.4. The van der Waals surface area contributed by atoms with Gasteiger partial charge in [0.05, 0.1) is 0 Å². The third-order valence-electron chi connectivity index (χ3n) is 3.23. The van der Waals surface area contributed by atoms with Crippen molar-refractivity contribution < 1.29 is 14.7 Å². The van der Waals surface area contributed by atoms with Crippen LogP contribution in [-0.2, 0) is 11.3 Å². The second kappa shape index (κ2) is 6.26. The van der Waals surface area contributed by atoms with Gasteiger partial charge >= 0.3 is 5.97 Å². The van der Waals surface area contributed by atoms with E-state index in [2.05, 4.69) is 0 Å². The fraction of sp³-hybridized carbons (Fsp3) is 0.250. The molecule has 2 aromatic rings. The summed E-state index contributed by atoms with van der Waals surface area (Å²) in [6.45, 7) is 4.15. The smallest absolute Gasteiger partial charge is 0.323 e. The van der Waals surface area contributed by atoms with Gasteiger partial charge in [-0.15, -0.1) is 0 Å². The Morgan fingerprint density at radius 2 is 2.00 bits per heavy atom. The average Bonchev–Trinajstić information content (AvgIpc) is 2.86. The summed E-state index contributed by atoms with van der Waals surface area (Å²) in [5, 5.41) is 8.89. The summed E-state index contributed by atoms with van der Waals surface area (Å²) in [5.74, 6) is -1.17. The highest BCUT2D eigenvalue weighted by Gasteiger charge is 2.20. The third kappa shape index (κ3) is 3.31. The molecule has 5 heteroatoms. The molecule has 21 heavy (non-hydrogen) atoms. The lowest BCUT2D eigenvalue weighted by Gasteiger charge is -2.22. The van der Waals surface area contributed by atoms with E-state index < -0.39 is 5.97 Å². The van der Waals surface area contributed by atoms with Crippen LogP contribution in [0.15, 0.2) is 42.6 Å². The maximum Gasteiger partial charge on any atom is 0.323 e. The molecule has 0 unspecified atom stereocenters. The van der Waals surface area contributed by atoms with Crippen molar-refractivity contribution in [3.63, 3.8) is 0 Å². The first-order chi connectivity index (χ1) is 10.0. The van der Waals surface area contributed by atoms with E-state index in [-0.39, 0.29) is 12.5 Å². The number of nitrogens with zero attached hydrogens (tertiary/aromatic N) is 2. The van der Waals surface area contributed by atoms with Gasteiger partial charge in [0.1, 0.15) is 12.2 Å². The Bertz CT molecular complexity index is 661. The van der Waals surface area contributed by atoms with Crippen molar-refractivity contribution in [2.45, 2.75) is 20.4 Å². The number of carboxylic acid groups (broad SMARTS) is 1. The second-order valence-electron chi connectivity index (χ2n) is 4.80. The zero-order valence-electron chi connectivity index (χ0n) is 12.1. The molecule has 0 aliphatic carbocycles. The third-order valence-corrected chi connectivity index (χ3v) is 3.23. The first-order valence-corrected chi connectivity index (χ1v) is 6.78. The van der Waals surface area contributed by atoms with Gasteiger partial charge in [-0.05, 0) is 43.7 Å². The summed E-state index contributed by atoms with van der Waals surface area (Å²) in [5.41, 5.74) is 2.26. The summed E-state index contributed by atoms with van der Waals surface area (Å²) in [6.07, 6.45) is 1.60. The lowest BCUT2D eigenvalue weighted by molar-refractivity contribution is -0.137. The van der Waals surface area contributed by atoms with Gasteiger partial charge in [0.25, 0.3) is 5.91 Å². The lowest BCUT2D eigenvalue weighted by atomic mass is 10.2. The highest BCUT2D eigenvalue weighted by Crippen LogP contribution is 2.19. The Balaban J connectivity index is 2.33. The van der Waals surface area contributed by atoms with Gasteiger partial charge in [0, 0.05) is 18.4 Å². The quantitative estimate of drug-likeness (QED) is 0.918. The molecule has 0 fully saturated rings. The molecule has 0 spiro atoms. The highest BCUT2D eigenvalue weighted by atomic mass is 16.4. The minimum absolute atomic E-state index is 0.200. The van der Waals surface area contributed by atoms with E-state index in [0.717, 1.165) is 11.3 Å². The van der Waals surface area contributed by atoms with E-state index in [1.54, 1.807) is 23.2 Å². The summed E-state index contributed by atoms with van der Waals surface area (Å²) in [7, 11) is 0. The van der Waals surface area contributed by atoms with E-state index >= 15 is 0 Å². The molecule has 5 nitrogen and oxygen atoms in total. The van der Waals surface area contributed by atoms with Crippen LogP contribution >= 0.6 is 0 Å². The number of amides is 1. The molecular weight excluding hydrogens is 268 g/mol. The molecule has 0 aliphatic rings. The van der Waals surface area contributed by atoms with E-state index in [4.69, 9.17) is 5.11 Å². The Hall–Kier alpha value is -2.56. The number of anilines is 1. The molecule has 1 aromatic carbocycles.